The molecule has 0 spiro atoms. The molecule has 262 valence electrons. The topological polar surface area (TPSA) is 80.2 Å². The van der Waals surface area contributed by atoms with E-state index in [1.54, 1.807) is 0 Å². The molecule has 0 aliphatic carbocycles. The van der Waals surface area contributed by atoms with Gasteiger partial charge in [0.2, 0.25) is 5.90 Å². The first kappa shape index (κ1) is 44.8. The molecule has 0 fully saturated rings. The van der Waals surface area contributed by atoms with Crippen molar-refractivity contribution in [3.63, 3.8) is 0 Å². The number of ketones is 1. The van der Waals surface area contributed by atoms with Crippen LogP contribution in [0, 0.1) is 6.92 Å². The number of alkyl halides is 5. The van der Waals surface area contributed by atoms with Crippen LogP contribution in [0.25, 0.3) is 6.08 Å². The number of rotatable bonds is 11. The third kappa shape index (κ3) is 15.8. The molecule has 0 saturated carbocycles. The number of Topliss-reactive ketones (excluding diaryl/α,β-unsaturated/α-hetero) is 1. The van der Waals surface area contributed by atoms with Gasteiger partial charge in [-0.05, 0) is 49.1 Å². The fourth-order valence-electron chi connectivity index (χ4n) is 3.47. The number of nitrogens with one attached hydrogen (secondary N) is 1. The zero-order chi connectivity index (χ0) is 35.7. The van der Waals surface area contributed by atoms with Crippen LogP contribution in [0.1, 0.15) is 115 Å². The first-order valence-corrected chi connectivity index (χ1v) is 15.9. The largest absolute Gasteiger partial charge is 0.484 e. The number of allylic oxidation sites excluding steroid dienone is 1. The Balaban J connectivity index is 0. The lowest BCUT2D eigenvalue weighted by Crippen LogP contribution is -2.23. The van der Waals surface area contributed by atoms with Crippen LogP contribution in [-0.4, -0.2) is 42.8 Å². The molecule has 46 heavy (non-hydrogen) atoms. The van der Waals surface area contributed by atoms with Crippen molar-refractivity contribution in [1.82, 2.24) is 5.48 Å². The van der Waals surface area contributed by atoms with E-state index in [2.05, 4.69) is 10.5 Å². The predicted molar refractivity (Wildman–Crippen MR) is 177 cm³/mol. The Labute approximate surface area is 272 Å². The van der Waals surface area contributed by atoms with Crippen molar-refractivity contribution >= 4 is 17.8 Å². The van der Waals surface area contributed by atoms with Gasteiger partial charge in [0.1, 0.15) is 24.9 Å². The number of aliphatic hydroxyl groups is 1. The number of carbonyl (C=O) groups is 1. The minimum Gasteiger partial charge on any atom is -0.484 e. The number of nitrogens with zero attached hydrogens (tertiary/aromatic N) is 1. The number of aliphatic imine (C=N–C) groups is 1. The van der Waals surface area contributed by atoms with Crippen molar-refractivity contribution in [2.24, 2.45) is 4.99 Å². The van der Waals surface area contributed by atoms with Gasteiger partial charge in [0.25, 0.3) is 0 Å². The van der Waals surface area contributed by atoms with Gasteiger partial charge >= 0.3 is 6.18 Å². The van der Waals surface area contributed by atoms with Gasteiger partial charge in [-0.3, -0.25) is 4.79 Å². The van der Waals surface area contributed by atoms with Crippen LogP contribution in [0.4, 0.5) is 22.0 Å². The summed E-state index contributed by atoms with van der Waals surface area (Å²) in [6, 6.07) is 8.79. The minimum absolute atomic E-state index is 0.0356. The number of ether oxygens (including phenoxy) is 1. The highest BCUT2D eigenvalue weighted by atomic mass is 19.4. The quantitative estimate of drug-likeness (QED) is 0.235. The van der Waals surface area contributed by atoms with Crippen molar-refractivity contribution in [2.45, 2.75) is 106 Å². The van der Waals surface area contributed by atoms with Crippen molar-refractivity contribution in [3.05, 3.63) is 70.3 Å². The Morgan fingerprint density at radius 2 is 1.63 bits per heavy atom. The summed E-state index contributed by atoms with van der Waals surface area (Å²) in [7, 11) is 0. The minimum atomic E-state index is -4.80. The molecular formula is C35H53F5N2O4. The van der Waals surface area contributed by atoms with Gasteiger partial charge in [-0.25, -0.2) is 13.8 Å². The maximum absolute atomic E-state index is 13.6. The van der Waals surface area contributed by atoms with E-state index < -0.39 is 43.1 Å². The Morgan fingerprint density at radius 3 is 2.09 bits per heavy atom. The molecule has 1 aliphatic rings. The predicted octanol–water partition coefficient (Wildman–Crippen LogP) is 9.92. The molecule has 3 rings (SSSR count). The molecule has 1 heterocycles. The van der Waals surface area contributed by atoms with E-state index in [-0.39, 0.29) is 11.5 Å². The van der Waals surface area contributed by atoms with E-state index in [9.17, 15) is 26.7 Å². The average Bonchev–Trinajstić information content (AvgIpc) is 3.58. The molecule has 0 radical (unpaired) electrons. The molecule has 0 saturated heterocycles. The SMILES string of the molecule is CC.CC.CC/C=C\c1c(C)cccc1C1N=C(c2ccc(OC(CF)CF)c(C(F)(F)F)c2)ON1.CCC(=O)CC.CCCO. The molecule has 1 aliphatic heterocycles. The van der Waals surface area contributed by atoms with Gasteiger partial charge in [-0.15, -0.1) is 5.48 Å². The number of hydroxylamine groups is 1. The Morgan fingerprint density at radius 1 is 1.04 bits per heavy atom. The molecule has 0 aromatic heterocycles. The monoisotopic (exact) mass is 660 g/mol. The number of halogens is 5. The smallest absolute Gasteiger partial charge is 0.419 e. The van der Waals surface area contributed by atoms with Crippen LogP contribution in [0.5, 0.6) is 5.75 Å². The summed E-state index contributed by atoms with van der Waals surface area (Å²) in [4.78, 5) is 20.0. The lowest BCUT2D eigenvalue weighted by atomic mass is 9.99. The van der Waals surface area contributed by atoms with Crippen LogP contribution in [0.2, 0.25) is 0 Å². The van der Waals surface area contributed by atoms with E-state index >= 15 is 0 Å². The van der Waals surface area contributed by atoms with E-state index in [4.69, 9.17) is 14.7 Å². The number of benzene rings is 2. The highest BCUT2D eigenvalue weighted by Gasteiger charge is 2.36. The van der Waals surface area contributed by atoms with Crippen LogP contribution >= 0.6 is 0 Å². The van der Waals surface area contributed by atoms with Crippen LogP contribution in [-0.2, 0) is 15.8 Å². The van der Waals surface area contributed by atoms with Gasteiger partial charge in [-0.1, -0.05) is 85.7 Å². The average molecular weight is 661 g/mol. The van der Waals surface area contributed by atoms with Gasteiger partial charge in [0.15, 0.2) is 12.3 Å². The maximum Gasteiger partial charge on any atom is 0.419 e. The van der Waals surface area contributed by atoms with Gasteiger partial charge in [0.05, 0.1) is 5.56 Å². The number of hydrogen-bond acceptors (Lipinski definition) is 6. The molecule has 2 N–H and O–H groups in total. The lowest BCUT2D eigenvalue weighted by molar-refractivity contribution is -0.139. The molecule has 0 bridgehead atoms. The van der Waals surface area contributed by atoms with E-state index in [0.717, 1.165) is 41.7 Å². The molecule has 6 nitrogen and oxygen atoms in total. The van der Waals surface area contributed by atoms with Crippen LogP contribution in [0.15, 0.2) is 47.5 Å². The second-order valence-corrected chi connectivity index (χ2v) is 9.17. The van der Waals surface area contributed by atoms with Crippen molar-refractivity contribution in [3.8, 4) is 5.75 Å². The van der Waals surface area contributed by atoms with Crippen molar-refractivity contribution in [2.75, 3.05) is 20.0 Å². The summed E-state index contributed by atoms with van der Waals surface area (Å²) in [5, 5.41) is 7.88. The zero-order valence-corrected chi connectivity index (χ0v) is 28.7. The molecule has 1 atom stereocenters. The highest BCUT2D eigenvalue weighted by Crippen LogP contribution is 2.38. The second-order valence-electron chi connectivity index (χ2n) is 9.17. The molecule has 2 aromatic rings. The van der Waals surface area contributed by atoms with Gasteiger partial charge < -0.3 is 14.7 Å². The number of hydrogen-bond donors (Lipinski definition) is 2. The summed E-state index contributed by atoms with van der Waals surface area (Å²) >= 11 is 0. The third-order valence-corrected chi connectivity index (χ3v) is 5.87. The molecule has 0 amide bonds. The fraction of sp³-hybridized carbons (Fsp3) is 0.543. The fourth-order valence-corrected chi connectivity index (χ4v) is 3.47. The van der Waals surface area contributed by atoms with Crippen molar-refractivity contribution < 1.29 is 41.4 Å². The van der Waals surface area contributed by atoms with Gasteiger partial charge in [-0.2, -0.15) is 13.2 Å². The molecule has 2 aromatic carbocycles. The summed E-state index contributed by atoms with van der Waals surface area (Å²) < 4.78 is 71.0. The molecule has 1 unspecified atom stereocenters. The highest BCUT2D eigenvalue weighted by molar-refractivity contribution is 5.95. The first-order valence-electron chi connectivity index (χ1n) is 15.9. The summed E-state index contributed by atoms with van der Waals surface area (Å²) in [5.74, 6) is -0.350. The normalized spacial score (nSPS) is 13.5. The van der Waals surface area contributed by atoms with Gasteiger partial charge in [0, 0.05) is 30.6 Å². The Kier molecular flexibility index (Phi) is 25.2. The summed E-state index contributed by atoms with van der Waals surface area (Å²) in [5.41, 5.74) is 4.41. The molecule has 11 heteroatoms. The number of aliphatic hydroxyl groups excluding tert-OH is 1. The lowest BCUT2D eigenvalue weighted by Gasteiger charge is -2.18. The number of carbonyl (C=O) groups excluding carboxylic acids is 1. The van der Waals surface area contributed by atoms with E-state index in [0.29, 0.717) is 25.2 Å². The maximum atomic E-state index is 13.6. The van der Waals surface area contributed by atoms with Crippen molar-refractivity contribution in [1.29, 1.82) is 0 Å². The van der Waals surface area contributed by atoms with E-state index in [1.807, 2.05) is 92.7 Å². The van der Waals surface area contributed by atoms with E-state index in [1.165, 1.54) is 6.07 Å². The Bertz CT molecular complexity index is 1160. The first-order chi connectivity index (χ1) is 22.0. The Hall–Kier alpha value is -3.31. The zero-order valence-electron chi connectivity index (χ0n) is 28.7. The standard InChI is InChI=1S/C23H23F5N2O2.C5H10O.C3H8O.2C2H6/c1-3-4-7-17-14(2)6-5-8-18(17)21-29-22(32-30-21)15-9-10-20(31-16(12-24)13-25)19(11-15)23(26,27)28;1-3-5(6)4-2;1-2-3-4;2*1-2/h4-11,16,21,30H,3,12-13H2,1-2H3;3-4H2,1-2H3;4H,2-3H2,1H3;2*1-2H3/b7-4-;;;;. The van der Waals surface area contributed by atoms with Crippen LogP contribution in [0.3, 0.4) is 0 Å². The summed E-state index contributed by atoms with van der Waals surface area (Å²) in [6.45, 7) is 15.5. The third-order valence-electron chi connectivity index (χ3n) is 5.87. The summed E-state index contributed by atoms with van der Waals surface area (Å²) in [6.07, 6.45) is 0.0498. The number of aryl methyl sites for hydroxylation is 1. The molecular weight excluding hydrogens is 607 g/mol. The van der Waals surface area contributed by atoms with Crippen LogP contribution < -0.4 is 10.2 Å². The second kappa shape index (κ2) is 25.8.